The Morgan fingerprint density at radius 1 is 0.422 bits per heavy atom. The number of hydrogen-bond donors (Lipinski definition) is 6. The average molecular weight is 1160 g/mol. The molecule has 0 saturated carbocycles. The van der Waals surface area contributed by atoms with Gasteiger partial charge in [0.15, 0.2) is 6.29 Å². The molecule has 1 rings (SSSR count). The number of allylic oxidation sites excluding steroid dienone is 21. The van der Waals surface area contributed by atoms with Gasteiger partial charge in [-0.15, -0.1) is 0 Å². The summed E-state index contributed by atoms with van der Waals surface area (Å²) in [6.07, 6.45) is 86.7. The van der Waals surface area contributed by atoms with Crippen LogP contribution in [0, 0.1) is 0 Å². The van der Waals surface area contributed by atoms with Crippen LogP contribution >= 0.6 is 0 Å². The van der Waals surface area contributed by atoms with Crippen molar-refractivity contribution in [3.63, 3.8) is 0 Å². The molecule has 6 N–H and O–H groups in total. The molecular weight excluding hydrogens is 1030 g/mol. The average Bonchev–Trinajstić information content (AvgIpc) is 3.60. The van der Waals surface area contributed by atoms with Gasteiger partial charge in [0.25, 0.3) is 0 Å². The van der Waals surface area contributed by atoms with Crippen molar-refractivity contribution in [2.45, 2.75) is 314 Å². The standard InChI is InChI=1S/C74H125NO8/c1-3-5-7-9-11-13-15-17-19-21-23-25-27-28-29-30-31-32-33-34-35-36-37-38-39-40-42-44-46-48-50-52-54-56-58-60-62-64-70(78)75-67(66-82-74-73(81)72(80)71(79)69(65-76)83-74)68(77)63-61-59-57-55-53-51-49-47-45-43-41-26-24-22-20-18-16-14-12-10-8-6-4-2/h5,7,11,13,17,19,23,25,28-29,31-32,34-35,37-38,40,42,46,48,61,63,67-69,71-74,76-77,79-81H,3-4,6,8-10,12,14-16,18,20-22,24,26-27,30,33,36,39,41,43-45,47,49-60,62,64-66H2,1-2H3,(H,75,78)/b7-5-,13-11-,19-17-,25-23-,29-28-,32-31-,35-34-,38-37-,42-40-,48-46-,63-61+. The number of unbranched alkanes of at least 4 members (excludes halogenated alkanes) is 27. The van der Waals surface area contributed by atoms with Gasteiger partial charge in [-0.1, -0.05) is 302 Å². The van der Waals surface area contributed by atoms with E-state index < -0.39 is 49.5 Å². The van der Waals surface area contributed by atoms with Gasteiger partial charge in [-0.3, -0.25) is 4.79 Å². The molecule has 7 atom stereocenters. The monoisotopic (exact) mass is 1160 g/mol. The molecule has 474 valence electrons. The van der Waals surface area contributed by atoms with Crippen LogP contribution in [0.25, 0.3) is 0 Å². The first kappa shape index (κ1) is 77.3. The maximum atomic E-state index is 13.1. The van der Waals surface area contributed by atoms with Gasteiger partial charge in [-0.2, -0.15) is 0 Å². The third kappa shape index (κ3) is 50.2. The van der Waals surface area contributed by atoms with Gasteiger partial charge in [-0.25, -0.2) is 0 Å². The van der Waals surface area contributed by atoms with E-state index in [-0.39, 0.29) is 12.5 Å². The Morgan fingerprint density at radius 3 is 1.11 bits per heavy atom. The molecule has 1 aliphatic rings. The van der Waals surface area contributed by atoms with Crippen molar-refractivity contribution in [2.75, 3.05) is 13.2 Å². The minimum atomic E-state index is -1.58. The zero-order valence-electron chi connectivity index (χ0n) is 52.9. The normalized spacial score (nSPS) is 19.1. The van der Waals surface area contributed by atoms with Crippen molar-refractivity contribution < 1.29 is 39.8 Å². The number of rotatable bonds is 57. The number of carbonyl (C=O) groups is 1. The van der Waals surface area contributed by atoms with Gasteiger partial charge < -0.3 is 40.3 Å². The lowest BCUT2D eigenvalue weighted by molar-refractivity contribution is -0.302. The molecule has 1 amide bonds. The molecule has 1 fully saturated rings. The van der Waals surface area contributed by atoms with E-state index in [1.165, 1.54) is 122 Å². The van der Waals surface area contributed by atoms with E-state index in [2.05, 4.69) is 141 Å². The molecule has 9 nitrogen and oxygen atoms in total. The highest BCUT2D eigenvalue weighted by atomic mass is 16.7. The Kier molecular flexibility index (Phi) is 57.2. The van der Waals surface area contributed by atoms with Crippen LogP contribution in [0.1, 0.15) is 271 Å². The first-order valence-corrected chi connectivity index (χ1v) is 33.9. The molecule has 0 radical (unpaired) electrons. The van der Waals surface area contributed by atoms with Gasteiger partial charge in [0, 0.05) is 6.42 Å². The number of aliphatic hydroxyl groups is 5. The lowest BCUT2D eigenvalue weighted by Gasteiger charge is -2.40. The summed E-state index contributed by atoms with van der Waals surface area (Å²) < 4.78 is 11.3. The predicted molar refractivity (Wildman–Crippen MR) is 354 cm³/mol. The largest absolute Gasteiger partial charge is 0.394 e. The quantitative estimate of drug-likeness (QED) is 0.0261. The molecule has 1 heterocycles. The summed E-state index contributed by atoms with van der Waals surface area (Å²) in [6.45, 7) is 3.67. The van der Waals surface area contributed by atoms with Crippen molar-refractivity contribution in [3.8, 4) is 0 Å². The zero-order valence-corrected chi connectivity index (χ0v) is 52.9. The summed E-state index contributed by atoms with van der Waals surface area (Å²) in [5.74, 6) is -0.194. The number of carbonyl (C=O) groups excluding carboxylic acids is 1. The molecule has 0 aliphatic carbocycles. The maximum Gasteiger partial charge on any atom is 0.220 e. The van der Waals surface area contributed by atoms with Crippen LogP contribution in [0.2, 0.25) is 0 Å². The van der Waals surface area contributed by atoms with E-state index in [0.717, 1.165) is 128 Å². The molecule has 0 aromatic carbocycles. The molecule has 1 saturated heterocycles. The van der Waals surface area contributed by atoms with Gasteiger partial charge >= 0.3 is 0 Å². The third-order valence-corrected chi connectivity index (χ3v) is 15.2. The Morgan fingerprint density at radius 2 is 0.747 bits per heavy atom. The van der Waals surface area contributed by atoms with Crippen molar-refractivity contribution in [2.24, 2.45) is 0 Å². The van der Waals surface area contributed by atoms with Crippen LogP contribution in [-0.4, -0.2) is 87.5 Å². The summed E-state index contributed by atoms with van der Waals surface area (Å²) in [5, 5.41) is 54.7. The highest BCUT2D eigenvalue weighted by Gasteiger charge is 2.44. The Labute approximate surface area is 509 Å². The fraction of sp³-hybridized carbons (Fsp3) is 0.689. The molecule has 83 heavy (non-hydrogen) atoms. The van der Waals surface area contributed by atoms with E-state index in [4.69, 9.17) is 9.47 Å². The minimum Gasteiger partial charge on any atom is -0.394 e. The first-order chi connectivity index (χ1) is 40.8. The number of ether oxygens (including phenoxy) is 2. The second-order valence-electron chi connectivity index (χ2n) is 22.9. The maximum absolute atomic E-state index is 13.1. The molecule has 1 aliphatic heterocycles. The topological polar surface area (TPSA) is 149 Å². The first-order valence-electron chi connectivity index (χ1n) is 33.9. The number of nitrogens with one attached hydrogen (secondary N) is 1. The zero-order chi connectivity index (χ0) is 60.0. The van der Waals surface area contributed by atoms with Crippen LogP contribution in [0.15, 0.2) is 134 Å². The van der Waals surface area contributed by atoms with E-state index in [1.807, 2.05) is 6.08 Å². The Hall–Kier alpha value is -3.67. The molecule has 0 spiro atoms. The molecule has 7 unspecified atom stereocenters. The van der Waals surface area contributed by atoms with Crippen LogP contribution < -0.4 is 5.32 Å². The van der Waals surface area contributed by atoms with E-state index in [9.17, 15) is 30.3 Å². The van der Waals surface area contributed by atoms with E-state index >= 15 is 0 Å². The molecule has 0 aromatic heterocycles. The molecule has 0 aromatic rings. The summed E-state index contributed by atoms with van der Waals surface area (Å²) in [5.41, 5.74) is 0. The van der Waals surface area contributed by atoms with Gasteiger partial charge in [0.05, 0.1) is 25.4 Å². The second-order valence-corrected chi connectivity index (χ2v) is 22.9. The lowest BCUT2D eigenvalue weighted by Crippen LogP contribution is -2.60. The van der Waals surface area contributed by atoms with Crippen LogP contribution in [0.4, 0.5) is 0 Å². The second kappa shape index (κ2) is 61.4. The number of amides is 1. The van der Waals surface area contributed by atoms with Crippen molar-refractivity contribution in [1.29, 1.82) is 0 Å². The van der Waals surface area contributed by atoms with Crippen molar-refractivity contribution >= 4 is 5.91 Å². The Balaban J connectivity index is 2.20. The van der Waals surface area contributed by atoms with Gasteiger partial charge in [0.1, 0.15) is 24.4 Å². The van der Waals surface area contributed by atoms with Crippen LogP contribution in [0.3, 0.4) is 0 Å². The molecule has 9 heteroatoms. The fourth-order valence-corrected chi connectivity index (χ4v) is 9.95. The lowest BCUT2D eigenvalue weighted by atomic mass is 9.99. The van der Waals surface area contributed by atoms with Crippen molar-refractivity contribution in [3.05, 3.63) is 134 Å². The van der Waals surface area contributed by atoms with Gasteiger partial charge in [-0.05, 0) is 96.3 Å². The highest BCUT2D eigenvalue weighted by Crippen LogP contribution is 2.23. The van der Waals surface area contributed by atoms with Crippen molar-refractivity contribution in [1.82, 2.24) is 5.32 Å². The summed E-state index contributed by atoms with van der Waals surface area (Å²) in [6, 6.07) is -0.824. The summed E-state index contributed by atoms with van der Waals surface area (Å²) in [7, 11) is 0. The molecule has 0 bridgehead atoms. The molecular formula is C74H125NO8. The summed E-state index contributed by atoms with van der Waals surface area (Å²) in [4.78, 5) is 13.1. The third-order valence-electron chi connectivity index (χ3n) is 15.2. The van der Waals surface area contributed by atoms with Gasteiger partial charge in [0.2, 0.25) is 5.91 Å². The number of hydrogen-bond acceptors (Lipinski definition) is 8. The smallest absolute Gasteiger partial charge is 0.220 e. The predicted octanol–water partition coefficient (Wildman–Crippen LogP) is 18.4. The van der Waals surface area contributed by atoms with E-state index in [1.54, 1.807) is 6.08 Å². The van der Waals surface area contributed by atoms with Crippen LogP contribution in [-0.2, 0) is 14.3 Å². The minimum absolute atomic E-state index is 0.194. The summed E-state index contributed by atoms with van der Waals surface area (Å²) >= 11 is 0. The number of aliphatic hydroxyl groups excluding tert-OH is 5. The van der Waals surface area contributed by atoms with Crippen LogP contribution in [0.5, 0.6) is 0 Å². The van der Waals surface area contributed by atoms with E-state index in [0.29, 0.717) is 6.42 Å². The highest BCUT2D eigenvalue weighted by molar-refractivity contribution is 5.76. The SMILES string of the molecule is CC/C=C\C/C=C\C/C=C\C/C=C\C/C=C\C/C=C\C/C=C\C/C=C\C/C=C\C/C=C\CCCCCCCCC(=O)NC(COC1OC(CO)C(O)C(O)C1O)C(O)/C=C/CCCCCCCCCCCCCCCCCCCCCCC. The fourth-order valence-electron chi connectivity index (χ4n) is 9.95. The Bertz CT molecular complexity index is 1770.